The van der Waals surface area contributed by atoms with Crippen LogP contribution in [-0.4, -0.2) is 33.4 Å². The van der Waals surface area contributed by atoms with Gasteiger partial charge >= 0.3 is 0 Å². The molecule has 3 rings (SSSR count). The third-order valence-corrected chi connectivity index (χ3v) is 10.6. The second-order valence-electron chi connectivity index (χ2n) is 9.02. The molecule has 3 nitrogen and oxygen atoms in total. The standard InChI is InChI=1S/C20H31O3Si/c1-13(21)9-14-10-15-11-22-12-17(15)19-16(14)7-8-18(19)23-24(5,6)20(2,3)4/h10,14,18H,7-9,11-12H2,1-6H3/q+1. The molecule has 0 bridgehead atoms. The quantitative estimate of drug-likeness (QED) is 0.550. The zero-order chi connectivity index (χ0) is 17.7. The fourth-order valence-corrected chi connectivity index (χ4v) is 5.17. The van der Waals surface area contributed by atoms with E-state index in [9.17, 15) is 4.79 Å². The Kier molecular flexibility index (Phi) is 4.60. The maximum Gasteiger partial charge on any atom is 0.193 e. The number of hydrogen-bond donors (Lipinski definition) is 0. The van der Waals surface area contributed by atoms with Crippen molar-refractivity contribution in [3.63, 3.8) is 0 Å². The molecule has 0 aromatic carbocycles. The molecule has 2 unspecified atom stereocenters. The lowest BCUT2D eigenvalue weighted by Crippen LogP contribution is -2.44. The van der Waals surface area contributed by atoms with Crippen molar-refractivity contribution in [2.24, 2.45) is 5.92 Å². The predicted molar refractivity (Wildman–Crippen MR) is 99.3 cm³/mol. The zero-order valence-electron chi connectivity index (χ0n) is 16.0. The maximum atomic E-state index is 11.7. The van der Waals surface area contributed by atoms with Gasteiger partial charge in [-0.1, -0.05) is 20.8 Å². The van der Waals surface area contributed by atoms with Crippen molar-refractivity contribution in [3.05, 3.63) is 28.7 Å². The molecule has 1 aliphatic heterocycles. The maximum absolute atomic E-state index is 11.7. The first kappa shape index (κ1) is 18.0. The monoisotopic (exact) mass is 347 g/mol. The molecular formula is C20H31O3Si+. The van der Waals surface area contributed by atoms with E-state index in [4.69, 9.17) is 9.16 Å². The van der Waals surface area contributed by atoms with Crippen LogP contribution >= 0.6 is 0 Å². The lowest BCUT2D eigenvalue weighted by Gasteiger charge is -2.39. The van der Waals surface area contributed by atoms with Crippen LogP contribution < -0.4 is 0 Å². The Labute approximate surface area is 147 Å². The van der Waals surface area contributed by atoms with E-state index in [1.54, 1.807) is 6.92 Å². The summed E-state index contributed by atoms with van der Waals surface area (Å²) in [6.45, 7) is 14.6. The molecule has 0 aromatic rings. The molecule has 0 N–H and O–H groups in total. The number of ether oxygens (including phenoxy) is 1. The topological polar surface area (TPSA) is 35.5 Å². The molecule has 0 amide bonds. The molecular weight excluding hydrogens is 316 g/mol. The van der Waals surface area contributed by atoms with E-state index in [0.717, 1.165) is 12.8 Å². The number of allylic oxidation sites excluding steroid dienone is 2. The van der Waals surface area contributed by atoms with Gasteiger partial charge in [0.05, 0.1) is 35.7 Å². The van der Waals surface area contributed by atoms with Gasteiger partial charge in [0.1, 0.15) is 12.4 Å². The Bertz CT molecular complexity index is 594. The lowest BCUT2D eigenvalue weighted by molar-refractivity contribution is -0.117. The van der Waals surface area contributed by atoms with Crippen LogP contribution in [-0.2, 0) is 14.0 Å². The molecule has 1 saturated heterocycles. The summed E-state index contributed by atoms with van der Waals surface area (Å²) in [6.07, 6.45) is 5.20. The van der Waals surface area contributed by atoms with Crippen molar-refractivity contribution < 1.29 is 14.0 Å². The van der Waals surface area contributed by atoms with Crippen LogP contribution in [0.2, 0.25) is 18.1 Å². The fraction of sp³-hybridized carbons (Fsp3) is 0.700. The van der Waals surface area contributed by atoms with Gasteiger partial charge in [-0.25, -0.2) is 0 Å². The lowest BCUT2D eigenvalue weighted by atomic mass is 9.77. The van der Waals surface area contributed by atoms with Gasteiger partial charge in [-0.15, -0.1) is 0 Å². The summed E-state index contributed by atoms with van der Waals surface area (Å²) in [6, 6.07) is 0. The Morgan fingerprint density at radius 2 is 2.12 bits per heavy atom. The number of rotatable bonds is 4. The fourth-order valence-electron chi connectivity index (χ4n) is 3.87. The van der Waals surface area contributed by atoms with Gasteiger partial charge in [0, 0.05) is 24.5 Å². The number of hydrogen-bond acceptors (Lipinski definition) is 3. The van der Waals surface area contributed by atoms with Gasteiger partial charge < -0.3 is 9.16 Å². The molecule has 132 valence electrons. The highest BCUT2D eigenvalue weighted by molar-refractivity contribution is 6.74. The van der Waals surface area contributed by atoms with E-state index < -0.39 is 8.32 Å². The highest BCUT2D eigenvalue weighted by Crippen LogP contribution is 2.50. The van der Waals surface area contributed by atoms with Crippen LogP contribution in [0.15, 0.2) is 22.8 Å². The highest BCUT2D eigenvalue weighted by Gasteiger charge is 2.51. The van der Waals surface area contributed by atoms with Crippen LogP contribution in [0, 0.1) is 11.8 Å². The van der Waals surface area contributed by atoms with Crippen LogP contribution in [0.3, 0.4) is 0 Å². The number of ketones is 1. The van der Waals surface area contributed by atoms with Gasteiger partial charge in [-0.2, -0.15) is 0 Å². The summed E-state index contributed by atoms with van der Waals surface area (Å²) in [5, 5.41) is 0.208. The number of carbonyl (C=O) groups excluding carboxylic acids is 1. The van der Waals surface area contributed by atoms with Gasteiger partial charge in [0.15, 0.2) is 8.32 Å². The van der Waals surface area contributed by atoms with Crippen molar-refractivity contribution >= 4 is 14.1 Å². The summed E-state index contributed by atoms with van der Waals surface area (Å²) in [7, 11) is -1.82. The van der Waals surface area contributed by atoms with Crippen LogP contribution in [0.25, 0.3) is 0 Å². The Morgan fingerprint density at radius 3 is 2.75 bits per heavy atom. The second-order valence-corrected chi connectivity index (χ2v) is 13.8. The number of Topliss-reactive ketones (excluding diaryl/α,β-unsaturated/α-hetero) is 1. The number of fused-ring (bicyclic) bond motifs is 2. The molecule has 0 saturated carbocycles. The van der Waals surface area contributed by atoms with Gasteiger partial charge in [-0.3, -0.25) is 4.79 Å². The van der Waals surface area contributed by atoms with E-state index in [1.807, 2.05) is 0 Å². The molecule has 0 aromatic heterocycles. The molecule has 24 heavy (non-hydrogen) atoms. The SMILES string of the molecule is CC(=O)CC1C=C2COC[C+]2C2=C1CCC2O[Si](C)(C)C(C)(C)C. The smallest absolute Gasteiger partial charge is 0.193 e. The first-order valence-corrected chi connectivity index (χ1v) is 12.1. The van der Waals surface area contributed by atoms with Crippen molar-refractivity contribution in [1.29, 1.82) is 0 Å². The molecule has 2 atom stereocenters. The zero-order valence-corrected chi connectivity index (χ0v) is 17.0. The summed E-state index contributed by atoms with van der Waals surface area (Å²) < 4.78 is 12.5. The van der Waals surface area contributed by atoms with Crippen molar-refractivity contribution in [1.82, 2.24) is 0 Å². The van der Waals surface area contributed by atoms with Crippen molar-refractivity contribution in [2.45, 2.75) is 71.2 Å². The first-order valence-electron chi connectivity index (χ1n) is 9.15. The van der Waals surface area contributed by atoms with Crippen molar-refractivity contribution in [2.75, 3.05) is 13.2 Å². The average Bonchev–Trinajstić information content (AvgIpc) is 3.02. The molecule has 1 fully saturated rings. The largest absolute Gasteiger partial charge is 0.407 e. The number of carbonyl (C=O) groups is 1. The van der Waals surface area contributed by atoms with Crippen LogP contribution in [0.1, 0.15) is 47.0 Å². The van der Waals surface area contributed by atoms with E-state index >= 15 is 0 Å². The van der Waals surface area contributed by atoms with E-state index in [2.05, 4.69) is 39.9 Å². The van der Waals surface area contributed by atoms with Crippen molar-refractivity contribution in [3.8, 4) is 0 Å². The second kappa shape index (κ2) is 6.15. The van der Waals surface area contributed by atoms with E-state index in [1.165, 1.54) is 22.6 Å². The minimum atomic E-state index is -1.82. The summed E-state index contributed by atoms with van der Waals surface area (Å²) in [4.78, 5) is 11.7. The molecule has 3 aliphatic rings. The van der Waals surface area contributed by atoms with E-state index in [0.29, 0.717) is 19.6 Å². The molecule has 0 spiro atoms. The van der Waals surface area contributed by atoms with E-state index in [-0.39, 0.29) is 22.8 Å². The Hall–Kier alpha value is -0.843. The predicted octanol–water partition coefficient (Wildman–Crippen LogP) is 4.61. The third-order valence-electron chi connectivity index (χ3n) is 6.16. The molecule has 1 heterocycles. The highest BCUT2D eigenvalue weighted by atomic mass is 28.4. The first-order chi connectivity index (χ1) is 11.1. The Balaban J connectivity index is 1.90. The molecule has 4 heteroatoms. The minimum absolute atomic E-state index is 0.191. The van der Waals surface area contributed by atoms with Gasteiger partial charge in [-0.05, 0) is 31.5 Å². The summed E-state index contributed by atoms with van der Waals surface area (Å²) in [5.74, 6) is 1.87. The normalized spacial score (nSPS) is 27.2. The Morgan fingerprint density at radius 1 is 1.42 bits per heavy atom. The average molecular weight is 348 g/mol. The summed E-state index contributed by atoms with van der Waals surface area (Å²) in [5.41, 5.74) is 4.13. The van der Waals surface area contributed by atoms with Gasteiger partial charge in [0.2, 0.25) is 0 Å². The summed E-state index contributed by atoms with van der Waals surface area (Å²) >= 11 is 0. The van der Waals surface area contributed by atoms with Crippen LogP contribution in [0.5, 0.6) is 0 Å². The third kappa shape index (κ3) is 3.16. The molecule has 2 aliphatic carbocycles. The molecule has 0 radical (unpaired) electrons. The van der Waals surface area contributed by atoms with Crippen LogP contribution in [0.4, 0.5) is 0 Å². The van der Waals surface area contributed by atoms with Gasteiger partial charge in [0.25, 0.3) is 0 Å². The minimum Gasteiger partial charge on any atom is -0.407 e.